The number of aldehydes is 1. The van der Waals surface area contributed by atoms with Crippen LogP contribution in [0, 0.1) is 0 Å². The Kier molecular flexibility index (Phi) is 1.83. The molecule has 2 aromatic rings. The molecule has 0 aliphatic rings. The summed E-state index contributed by atoms with van der Waals surface area (Å²) in [4.78, 5) is 17.4. The lowest BCUT2D eigenvalue weighted by molar-refractivity contribution is 0.112. The first kappa shape index (κ1) is 7.94. The summed E-state index contributed by atoms with van der Waals surface area (Å²) >= 11 is 0. The van der Waals surface area contributed by atoms with E-state index in [-0.39, 0.29) is 6.61 Å². The number of aliphatic hydroxyl groups excluding tert-OH is 1. The number of imidazole rings is 1. The Hall–Kier alpha value is -1.68. The molecule has 13 heavy (non-hydrogen) atoms. The molecular formula is C9H8N2O2. The molecular weight excluding hydrogens is 168 g/mol. The third-order valence-corrected chi connectivity index (χ3v) is 1.84. The average molecular weight is 176 g/mol. The molecule has 0 unspecified atom stereocenters. The number of fused-ring (bicyclic) bond motifs is 1. The van der Waals surface area contributed by atoms with Gasteiger partial charge in [0.15, 0.2) is 0 Å². The Morgan fingerprint density at radius 1 is 1.54 bits per heavy atom. The molecule has 0 fully saturated rings. The molecule has 1 heterocycles. The van der Waals surface area contributed by atoms with Crippen LogP contribution >= 0.6 is 0 Å². The van der Waals surface area contributed by atoms with E-state index in [1.807, 2.05) is 0 Å². The zero-order chi connectivity index (χ0) is 9.26. The topological polar surface area (TPSA) is 66.0 Å². The second kappa shape index (κ2) is 2.99. The van der Waals surface area contributed by atoms with Crippen LogP contribution in [0.3, 0.4) is 0 Å². The quantitative estimate of drug-likeness (QED) is 0.667. The van der Waals surface area contributed by atoms with Gasteiger partial charge in [-0.1, -0.05) is 0 Å². The van der Waals surface area contributed by atoms with Gasteiger partial charge in [-0.2, -0.15) is 0 Å². The second-order valence-electron chi connectivity index (χ2n) is 2.74. The molecule has 0 aliphatic carbocycles. The number of hydrogen-bond acceptors (Lipinski definition) is 3. The van der Waals surface area contributed by atoms with Crippen LogP contribution in [0.4, 0.5) is 0 Å². The highest BCUT2D eigenvalue weighted by Gasteiger charge is 2.01. The Morgan fingerprint density at radius 2 is 2.38 bits per heavy atom. The molecule has 1 aromatic heterocycles. The van der Waals surface area contributed by atoms with E-state index in [1.54, 1.807) is 18.2 Å². The normalized spacial score (nSPS) is 10.5. The van der Waals surface area contributed by atoms with Gasteiger partial charge in [0.25, 0.3) is 0 Å². The summed E-state index contributed by atoms with van der Waals surface area (Å²) in [5, 5.41) is 8.80. The molecule has 4 nitrogen and oxygen atoms in total. The van der Waals surface area contributed by atoms with Gasteiger partial charge in [0.1, 0.15) is 18.7 Å². The largest absolute Gasteiger partial charge is 0.388 e. The molecule has 0 radical (unpaired) electrons. The van der Waals surface area contributed by atoms with Crippen LogP contribution in [0.1, 0.15) is 16.2 Å². The van der Waals surface area contributed by atoms with Crippen LogP contribution in [0.2, 0.25) is 0 Å². The number of aromatic nitrogens is 2. The van der Waals surface area contributed by atoms with Gasteiger partial charge in [-0.15, -0.1) is 0 Å². The van der Waals surface area contributed by atoms with E-state index in [1.165, 1.54) is 0 Å². The number of nitrogens with zero attached hydrogens (tertiary/aromatic N) is 1. The maximum Gasteiger partial charge on any atom is 0.150 e. The fourth-order valence-electron chi connectivity index (χ4n) is 1.23. The summed E-state index contributed by atoms with van der Waals surface area (Å²) in [7, 11) is 0. The van der Waals surface area contributed by atoms with Crippen molar-refractivity contribution in [1.82, 2.24) is 9.97 Å². The van der Waals surface area contributed by atoms with Crippen LogP contribution in [0.15, 0.2) is 18.2 Å². The minimum absolute atomic E-state index is 0.120. The highest BCUT2D eigenvalue weighted by Crippen LogP contribution is 2.12. The summed E-state index contributed by atoms with van der Waals surface area (Å²) in [6.45, 7) is -0.120. The molecule has 4 heteroatoms. The number of H-pyrrole nitrogens is 1. The van der Waals surface area contributed by atoms with Crippen molar-refractivity contribution >= 4 is 17.3 Å². The van der Waals surface area contributed by atoms with Crippen molar-refractivity contribution in [2.45, 2.75) is 6.61 Å². The van der Waals surface area contributed by atoms with Crippen molar-refractivity contribution in [2.24, 2.45) is 0 Å². The minimum Gasteiger partial charge on any atom is -0.388 e. The van der Waals surface area contributed by atoms with Crippen LogP contribution in [0.25, 0.3) is 11.0 Å². The van der Waals surface area contributed by atoms with E-state index < -0.39 is 0 Å². The van der Waals surface area contributed by atoms with Gasteiger partial charge >= 0.3 is 0 Å². The highest BCUT2D eigenvalue weighted by molar-refractivity contribution is 5.84. The zero-order valence-corrected chi connectivity index (χ0v) is 6.82. The van der Waals surface area contributed by atoms with Crippen LogP contribution < -0.4 is 0 Å². The van der Waals surface area contributed by atoms with E-state index >= 15 is 0 Å². The van der Waals surface area contributed by atoms with E-state index in [2.05, 4.69) is 9.97 Å². The van der Waals surface area contributed by atoms with E-state index in [0.29, 0.717) is 11.4 Å². The molecule has 1 aromatic carbocycles. The third kappa shape index (κ3) is 1.31. The number of benzene rings is 1. The fourth-order valence-corrected chi connectivity index (χ4v) is 1.23. The number of aromatic amines is 1. The van der Waals surface area contributed by atoms with Crippen LogP contribution in [-0.2, 0) is 6.61 Å². The van der Waals surface area contributed by atoms with Gasteiger partial charge in [0.2, 0.25) is 0 Å². The van der Waals surface area contributed by atoms with Crippen LogP contribution in [-0.4, -0.2) is 21.4 Å². The summed E-state index contributed by atoms with van der Waals surface area (Å²) in [6.07, 6.45) is 0.777. The molecule has 0 amide bonds. The standard InChI is InChI=1S/C9H8N2O2/c12-4-6-1-2-7-8(3-6)11-9(5-13)10-7/h1-4,13H,5H2,(H,10,11). The first-order valence-electron chi connectivity index (χ1n) is 3.88. The first-order valence-corrected chi connectivity index (χ1v) is 3.88. The summed E-state index contributed by atoms with van der Waals surface area (Å²) < 4.78 is 0. The van der Waals surface area contributed by atoms with Crippen molar-refractivity contribution < 1.29 is 9.90 Å². The van der Waals surface area contributed by atoms with Gasteiger partial charge in [-0.25, -0.2) is 4.98 Å². The molecule has 2 N–H and O–H groups in total. The monoisotopic (exact) mass is 176 g/mol. The number of nitrogens with one attached hydrogen (secondary N) is 1. The molecule has 0 saturated carbocycles. The maximum absolute atomic E-state index is 10.4. The number of hydrogen-bond donors (Lipinski definition) is 2. The lowest BCUT2D eigenvalue weighted by atomic mass is 10.2. The number of carbonyl (C=O) groups excluding carboxylic acids is 1. The third-order valence-electron chi connectivity index (χ3n) is 1.84. The zero-order valence-electron chi connectivity index (χ0n) is 6.82. The minimum atomic E-state index is -0.120. The molecule has 0 spiro atoms. The van der Waals surface area contributed by atoms with Crippen molar-refractivity contribution in [1.29, 1.82) is 0 Å². The lowest BCUT2D eigenvalue weighted by Gasteiger charge is -1.88. The SMILES string of the molecule is O=Cc1ccc2nc(CO)[nH]c2c1. The van der Waals surface area contributed by atoms with Crippen molar-refractivity contribution in [3.8, 4) is 0 Å². The van der Waals surface area contributed by atoms with Crippen molar-refractivity contribution in [2.75, 3.05) is 0 Å². The first-order chi connectivity index (χ1) is 6.33. The molecule has 0 aliphatic heterocycles. The van der Waals surface area contributed by atoms with Gasteiger partial charge in [0, 0.05) is 5.56 Å². The Balaban J connectivity index is 2.63. The average Bonchev–Trinajstić information content (AvgIpc) is 2.58. The summed E-state index contributed by atoms with van der Waals surface area (Å²) in [6, 6.07) is 5.14. The highest BCUT2D eigenvalue weighted by atomic mass is 16.3. The van der Waals surface area contributed by atoms with Crippen molar-refractivity contribution in [3.05, 3.63) is 29.6 Å². The fraction of sp³-hybridized carbons (Fsp3) is 0.111. The van der Waals surface area contributed by atoms with Gasteiger partial charge < -0.3 is 10.1 Å². The maximum atomic E-state index is 10.4. The Morgan fingerprint density at radius 3 is 3.08 bits per heavy atom. The number of rotatable bonds is 2. The second-order valence-corrected chi connectivity index (χ2v) is 2.74. The molecule has 66 valence electrons. The van der Waals surface area contributed by atoms with E-state index in [0.717, 1.165) is 17.3 Å². The summed E-state index contributed by atoms with van der Waals surface area (Å²) in [5.41, 5.74) is 2.13. The Bertz CT molecular complexity index is 448. The number of aliphatic hydroxyl groups is 1. The number of carbonyl (C=O) groups is 1. The van der Waals surface area contributed by atoms with Crippen molar-refractivity contribution in [3.63, 3.8) is 0 Å². The molecule has 0 saturated heterocycles. The molecule has 0 bridgehead atoms. The van der Waals surface area contributed by atoms with Gasteiger partial charge in [-0.05, 0) is 18.2 Å². The van der Waals surface area contributed by atoms with Gasteiger partial charge in [0.05, 0.1) is 11.0 Å². The lowest BCUT2D eigenvalue weighted by Crippen LogP contribution is -1.83. The smallest absolute Gasteiger partial charge is 0.150 e. The molecule has 2 rings (SSSR count). The predicted molar refractivity (Wildman–Crippen MR) is 47.4 cm³/mol. The van der Waals surface area contributed by atoms with Crippen LogP contribution in [0.5, 0.6) is 0 Å². The van der Waals surface area contributed by atoms with E-state index in [4.69, 9.17) is 5.11 Å². The van der Waals surface area contributed by atoms with E-state index in [9.17, 15) is 4.79 Å². The Labute approximate surface area is 74.2 Å². The van der Waals surface area contributed by atoms with Gasteiger partial charge in [-0.3, -0.25) is 4.79 Å². The molecule has 0 atom stereocenters. The summed E-state index contributed by atoms with van der Waals surface area (Å²) in [5.74, 6) is 0.512. The predicted octanol–water partition coefficient (Wildman–Crippen LogP) is 0.868.